The van der Waals surface area contributed by atoms with Crippen LogP contribution in [0.25, 0.3) is 0 Å². The Labute approximate surface area is 172 Å². The topological polar surface area (TPSA) is 114 Å². The van der Waals surface area contributed by atoms with Gasteiger partial charge in [0.2, 0.25) is 10.0 Å². The summed E-state index contributed by atoms with van der Waals surface area (Å²) in [6.07, 6.45) is 1.33. The molecule has 0 heterocycles. The van der Waals surface area contributed by atoms with Gasteiger partial charge in [0.1, 0.15) is 10.6 Å². The first kappa shape index (κ1) is 23.2. The van der Waals surface area contributed by atoms with Gasteiger partial charge < -0.3 is 4.74 Å². The van der Waals surface area contributed by atoms with Crippen molar-refractivity contribution in [3.05, 3.63) is 58.1 Å². The number of ether oxygens (including phenoxy) is 1. The number of nitro benzene ring substituents is 1. The smallest absolute Gasteiger partial charge is 0.387 e. The number of benzene rings is 2. The van der Waals surface area contributed by atoms with E-state index in [0.717, 1.165) is 12.1 Å². The van der Waals surface area contributed by atoms with E-state index >= 15 is 0 Å². The van der Waals surface area contributed by atoms with E-state index in [-0.39, 0.29) is 35.1 Å². The second kappa shape index (κ2) is 10.1. The van der Waals surface area contributed by atoms with Gasteiger partial charge in [-0.1, -0.05) is 13.8 Å². The summed E-state index contributed by atoms with van der Waals surface area (Å²) in [6.45, 7) is 0.768. The second-order valence-corrected chi connectivity index (χ2v) is 7.75. The average Bonchev–Trinajstić information content (AvgIpc) is 2.69. The molecule has 0 aliphatic carbocycles. The van der Waals surface area contributed by atoms with E-state index in [9.17, 15) is 27.3 Å². The van der Waals surface area contributed by atoms with Crippen molar-refractivity contribution >= 4 is 27.6 Å². The largest absolute Gasteiger partial charge is 0.435 e. The number of sulfonamides is 1. The molecule has 0 atom stereocenters. The highest BCUT2D eigenvalue weighted by atomic mass is 32.2. The van der Waals surface area contributed by atoms with Gasteiger partial charge in [-0.25, -0.2) is 8.42 Å². The molecule has 0 bridgehead atoms. The van der Waals surface area contributed by atoms with Crippen LogP contribution in [0.1, 0.15) is 19.4 Å². The Hall–Kier alpha value is -3.12. The van der Waals surface area contributed by atoms with Crippen molar-refractivity contribution in [2.75, 3.05) is 18.5 Å². The van der Waals surface area contributed by atoms with Crippen molar-refractivity contribution in [2.24, 2.45) is 5.10 Å². The highest BCUT2D eigenvalue weighted by Crippen LogP contribution is 2.29. The molecule has 9 nitrogen and oxygen atoms in total. The first-order valence-electron chi connectivity index (χ1n) is 8.81. The average molecular weight is 442 g/mol. The number of halogens is 2. The number of alkyl halides is 2. The lowest BCUT2D eigenvalue weighted by molar-refractivity contribution is -0.385. The molecule has 30 heavy (non-hydrogen) atoms. The summed E-state index contributed by atoms with van der Waals surface area (Å²) in [6, 6.07) is 9.01. The summed E-state index contributed by atoms with van der Waals surface area (Å²) >= 11 is 0. The second-order valence-electron chi connectivity index (χ2n) is 5.84. The maximum atomic E-state index is 12.9. The molecule has 0 unspecified atom stereocenters. The Morgan fingerprint density at radius 1 is 1.20 bits per heavy atom. The molecule has 0 saturated carbocycles. The zero-order valence-electron chi connectivity index (χ0n) is 16.2. The van der Waals surface area contributed by atoms with E-state index in [1.165, 1.54) is 40.9 Å². The first-order chi connectivity index (χ1) is 14.2. The minimum absolute atomic E-state index is 0.0157. The molecular weight excluding hydrogens is 422 g/mol. The summed E-state index contributed by atoms with van der Waals surface area (Å²) in [7, 11) is -4.00. The van der Waals surface area contributed by atoms with E-state index in [1.807, 2.05) is 0 Å². The summed E-state index contributed by atoms with van der Waals surface area (Å²) in [4.78, 5) is 10.1. The van der Waals surface area contributed by atoms with E-state index in [4.69, 9.17) is 0 Å². The summed E-state index contributed by atoms with van der Waals surface area (Å²) in [5.74, 6) is -0.0157. The van der Waals surface area contributed by atoms with Gasteiger partial charge in [0.05, 0.1) is 16.8 Å². The molecule has 0 fully saturated rings. The SMILES string of the molecule is CCN(CC)S(=O)(=O)c1cc([N+](=O)[O-])ccc1N/N=C\c1ccc(OC(F)F)cc1. The summed E-state index contributed by atoms with van der Waals surface area (Å²) in [5, 5.41) is 15.0. The zero-order valence-corrected chi connectivity index (χ0v) is 17.0. The van der Waals surface area contributed by atoms with Crippen LogP contribution in [-0.4, -0.2) is 43.6 Å². The van der Waals surface area contributed by atoms with Crippen LogP contribution >= 0.6 is 0 Å². The fourth-order valence-corrected chi connectivity index (χ4v) is 4.16. The first-order valence-corrected chi connectivity index (χ1v) is 10.3. The summed E-state index contributed by atoms with van der Waals surface area (Å²) in [5.41, 5.74) is 2.79. The maximum absolute atomic E-state index is 12.9. The molecule has 0 spiro atoms. The number of rotatable bonds is 10. The van der Waals surface area contributed by atoms with E-state index in [1.54, 1.807) is 13.8 Å². The predicted octanol–water partition coefficient (Wildman–Crippen LogP) is 3.67. The third-order valence-corrected chi connectivity index (χ3v) is 6.09. The van der Waals surface area contributed by atoms with Gasteiger partial charge in [-0.2, -0.15) is 18.2 Å². The molecule has 0 amide bonds. The van der Waals surface area contributed by atoms with Gasteiger partial charge in [-0.3, -0.25) is 15.5 Å². The van der Waals surface area contributed by atoms with E-state index in [2.05, 4.69) is 15.3 Å². The minimum Gasteiger partial charge on any atom is -0.435 e. The van der Waals surface area contributed by atoms with Crippen molar-refractivity contribution in [1.82, 2.24) is 4.31 Å². The van der Waals surface area contributed by atoms with Gasteiger partial charge in [0, 0.05) is 25.2 Å². The Morgan fingerprint density at radius 3 is 2.37 bits per heavy atom. The van der Waals surface area contributed by atoms with Gasteiger partial charge in [-0.15, -0.1) is 0 Å². The standard InChI is InChI=1S/C18H20F2N4O5S/c1-3-23(4-2)30(27,28)17-11-14(24(25)26)7-10-16(17)22-21-12-13-5-8-15(9-6-13)29-18(19)20/h5-12,18,22H,3-4H2,1-2H3/b21-12-. The van der Waals surface area contributed by atoms with E-state index < -0.39 is 21.6 Å². The number of hydrogen-bond acceptors (Lipinski definition) is 7. The molecule has 0 aliphatic rings. The lowest BCUT2D eigenvalue weighted by atomic mass is 10.2. The third-order valence-electron chi connectivity index (χ3n) is 4.00. The Kier molecular flexibility index (Phi) is 7.78. The van der Waals surface area contributed by atoms with Crippen LogP contribution in [0.5, 0.6) is 5.75 Å². The van der Waals surface area contributed by atoms with Gasteiger partial charge >= 0.3 is 6.61 Å². The molecule has 0 radical (unpaired) electrons. The predicted molar refractivity (Wildman–Crippen MR) is 107 cm³/mol. The molecule has 0 aliphatic heterocycles. The van der Waals surface area contributed by atoms with Crippen LogP contribution in [0.3, 0.4) is 0 Å². The van der Waals surface area contributed by atoms with Gasteiger partial charge in [-0.05, 0) is 35.9 Å². The molecule has 1 N–H and O–H groups in total. The molecule has 2 aromatic rings. The molecule has 2 aromatic carbocycles. The quantitative estimate of drug-likeness (QED) is 0.341. The number of anilines is 1. The third kappa shape index (κ3) is 5.70. The number of nitro groups is 1. The van der Waals surface area contributed by atoms with E-state index in [0.29, 0.717) is 5.56 Å². The normalized spacial score (nSPS) is 11.9. The fraction of sp³-hybridized carbons (Fsp3) is 0.278. The number of nitrogens with zero attached hydrogens (tertiary/aromatic N) is 3. The van der Waals surface area contributed by atoms with Gasteiger partial charge in [0.15, 0.2) is 0 Å². The highest BCUT2D eigenvalue weighted by molar-refractivity contribution is 7.89. The molecular formula is C18H20F2N4O5S. The Balaban J connectivity index is 2.30. The molecule has 2 rings (SSSR count). The summed E-state index contributed by atoms with van der Waals surface area (Å²) < 4.78 is 55.5. The fourth-order valence-electron chi connectivity index (χ4n) is 2.54. The van der Waals surface area contributed by atoms with Crippen molar-refractivity contribution in [3.63, 3.8) is 0 Å². The van der Waals surface area contributed by atoms with Crippen LogP contribution in [0.4, 0.5) is 20.2 Å². The van der Waals surface area contributed by atoms with Crippen molar-refractivity contribution in [2.45, 2.75) is 25.4 Å². The molecule has 0 aromatic heterocycles. The molecule has 12 heteroatoms. The van der Waals surface area contributed by atoms with Crippen molar-refractivity contribution in [3.8, 4) is 5.75 Å². The van der Waals surface area contributed by atoms with Crippen LogP contribution in [0.2, 0.25) is 0 Å². The molecule has 0 saturated heterocycles. The number of hydrogen-bond donors (Lipinski definition) is 1. The lowest BCUT2D eigenvalue weighted by Gasteiger charge is -2.20. The lowest BCUT2D eigenvalue weighted by Crippen LogP contribution is -2.31. The minimum atomic E-state index is -4.00. The number of non-ortho nitro benzene ring substituents is 1. The monoisotopic (exact) mass is 442 g/mol. The van der Waals surface area contributed by atoms with Crippen LogP contribution < -0.4 is 10.2 Å². The number of hydrazone groups is 1. The molecule has 162 valence electrons. The Morgan fingerprint density at radius 2 is 1.83 bits per heavy atom. The van der Waals surface area contributed by atoms with Crippen LogP contribution in [0.15, 0.2) is 52.5 Å². The maximum Gasteiger partial charge on any atom is 0.387 e. The van der Waals surface area contributed by atoms with Crippen LogP contribution in [-0.2, 0) is 10.0 Å². The van der Waals surface area contributed by atoms with Gasteiger partial charge in [0.25, 0.3) is 5.69 Å². The Bertz CT molecular complexity index is 1010. The van der Waals surface area contributed by atoms with Crippen molar-refractivity contribution in [1.29, 1.82) is 0 Å². The highest BCUT2D eigenvalue weighted by Gasteiger charge is 2.27. The van der Waals surface area contributed by atoms with Crippen LogP contribution in [0, 0.1) is 10.1 Å². The zero-order chi connectivity index (χ0) is 22.3. The number of nitrogens with one attached hydrogen (secondary N) is 1. The van der Waals surface area contributed by atoms with Crippen molar-refractivity contribution < 1.29 is 26.9 Å².